The molecule has 2 aliphatic rings. The fraction of sp³-hybridized carbons (Fsp3) is 0.381. The molecule has 1 heterocycles. The summed E-state index contributed by atoms with van der Waals surface area (Å²) in [6, 6.07) is 12.8. The van der Waals surface area contributed by atoms with Crippen molar-refractivity contribution in [2.24, 2.45) is 0 Å². The molecule has 1 aliphatic heterocycles. The molecular formula is C21H25N3O3S. The summed E-state index contributed by atoms with van der Waals surface area (Å²) in [5.41, 5.74) is 3.22. The smallest absolute Gasteiger partial charge is 0.261 e. The average molecular weight is 400 g/mol. The summed E-state index contributed by atoms with van der Waals surface area (Å²) < 4.78 is 28.2. The van der Waals surface area contributed by atoms with Gasteiger partial charge in [-0.3, -0.25) is 9.52 Å². The Bertz CT molecular complexity index is 980. The van der Waals surface area contributed by atoms with Crippen molar-refractivity contribution >= 4 is 33.0 Å². The molecule has 1 saturated carbocycles. The predicted octanol–water partition coefficient (Wildman–Crippen LogP) is 3.75. The van der Waals surface area contributed by atoms with E-state index in [1.165, 1.54) is 32.6 Å². The van der Waals surface area contributed by atoms with E-state index in [9.17, 15) is 13.2 Å². The predicted molar refractivity (Wildman–Crippen MR) is 111 cm³/mol. The second kappa shape index (κ2) is 7.47. The van der Waals surface area contributed by atoms with Crippen LogP contribution in [0.5, 0.6) is 0 Å². The Hall–Kier alpha value is -2.54. The average Bonchev–Trinajstić information content (AvgIpc) is 3.32. The van der Waals surface area contributed by atoms with Gasteiger partial charge >= 0.3 is 0 Å². The molecule has 2 N–H and O–H groups in total. The van der Waals surface area contributed by atoms with Gasteiger partial charge in [0.05, 0.1) is 4.90 Å². The highest BCUT2D eigenvalue weighted by Gasteiger charge is 2.25. The third-order valence-electron chi connectivity index (χ3n) is 5.50. The van der Waals surface area contributed by atoms with Crippen LogP contribution in [0.1, 0.15) is 38.2 Å². The lowest BCUT2D eigenvalue weighted by Crippen LogP contribution is -2.25. The molecule has 148 valence electrons. The number of carbonyl (C=O) groups excluding carboxylic acids is 1. The standard InChI is InChI=1S/C21H25N3O3S/c1-15(25)24-13-12-16-14-20(10-11-21(16)24)28(26,27)23-19-8-6-18(7-9-19)22-17-4-2-3-5-17/h6-11,14,17,22-23H,2-5,12-13H2,1H3. The Balaban J connectivity index is 1.47. The van der Waals surface area contributed by atoms with Crippen molar-refractivity contribution in [3.05, 3.63) is 48.0 Å². The fourth-order valence-corrected chi connectivity index (χ4v) is 5.14. The number of carbonyl (C=O) groups is 1. The molecule has 0 saturated heterocycles. The summed E-state index contributed by atoms with van der Waals surface area (Å²) in [5, 5.41) is 3.49. The number of amides is 1. The van der Waals surface area contributed by atoms with Gasteiger partial charge in [0.2, 0.25) is 5.91 Å². The van der Waals surface area contributed by atoms with Crippen molar-refractivity contribution in [1.29, 1.82) is 0 Å². The Morgan fingerprint density at radius 3 is 2.39 bits per heavy atom. The number of anilines is 3. The second-order valence-corrected chi connectivity index (χ2v) is 9.20. The number of nitrogens with zero attached hydrogens (tertiary/aromatic N) is 1. The van der Waals surface area contributed by atoms with E-state index >= 15 is 0 Å². The van der Waals surface area contributed by atoms with Gasteiger partial charge in [-0.1, -0.05) is 12.8 Å². The zero-order chi connectivity index (χ0) is 19.7. The summed E-state index contributed by atoms with van der Waals surface area (Å²) in [6.45, 7) is 2.11. The topological polar surface area (TPSA) is 78.5 Å². The summed E-state index contributed by atoms with van der Waals surface area (Å²) in [7, 11) is -3.68. The Labute approximate surface area is 166 Å². The van der Waals surface area contributed by atoms with Gasteiger partial charge in [0.25, 0.3) is 10.0 Å². The normalized spacial score (nSPS) is 16.8. The molecule has 1 aliphatic carbocycles. The number of hydrogen-bond acceptors (Lipinski definition) is 4. The minimum Gasteiger partial charge on any atom is -0.382 e. The third-order valence-corrected chi connectivity index (χ3v) is 6.88. The van der Waals surface area contributed by atoms with Crippen LogP contribution in [0.3, 0.4) is 0 Å². The van der Waals surface area contributed by atoms with E-state index in [0.29, 0.717) is 24.7 Å². The molecule has 28 heavy (non-hydrogen) atoms. The monoisotopic (exact) mass is 399 g/mol. The fourth-order valence-electron chi connectivity index (χ4n) is 4.03. The third kappa shape index (κ3) is 3.85. The van der Waals surface area contributed by atoms with Crippen LogP contribution in [-0.4, -0.2) is 26.9 Å². The van der Waals surface area contributed by atoms with Crippen LogP contribution in [-0.2, 0) is 21.2 Å². The molecule has 0 aromatic heterocycles. The van der Waals surface area contributed by atoms with E-state index in [4.69, 9.17) is 0 Å². The molecule has 1 amide bonds. The maximum Gasteiger partial charge on any atom is 0.261 e. The number of hydrogen-bond donors (Lipinski definition) is 2. The minimum atomic E-state index is -3.68. The van der Waals surface area contributed by atoms with Gasteiger partial charge in [0.1, 0.15) is 0 Å². The first-order valence-corrected chi connectivity index (χ1v) is 11.2. The Kier molecular flexibility index (Phi) is 5.02. The van der Waals surface area contributed by atoms with E-state index in [2.05, 4.69) is 10.0 Å². The minimum absolute atomic E-state index is 0.0289. The van der Waals surface area contributed by atoms with Crippen molar-refractivity contribution in [2.75, 3.05) is 21.5 Å². The molecule has 0 unspecified atom stereocenters. The first-order chi connectivity index (χ1) is 13.4. The molecule has 1 fully saturated rings. The van der Waals surface area contributed by atoms with E-state index < -0.39 is 10.0 Å². The number of nitrogens with one attached hydrogen (secondary N) is 2. The molecule has 0 bridgehead atoms. The lowest BCUT2D eigenvalue weighted by atomic mass is 10.2. The van der Waals surface area contributed by atoms with Crippen LogP contribution in [0.25, 0.3) is 0 Å². The van der Waals surface area contributed by atoms with Gasteiger partial charge in [-0.25, -0.2) is 8.42 Å². The molecule has 2 aromatic rings. The summed E-state index contributed by atoms with van der Waals surface area (Å²) >= 11 is 0. The van der Waals surface area contributed by atoms with Gasteiger partial charge in [-0.15, -0.1) is 0 Å². The van der Waals surface area contributed by atoms with Gasteiger partial charge in [-0.05, 0) is 67.3 Å². The van der Waals surface area contributed by atoms with Crippen LogP contribution in [0, 0.1) is 0 Å². The van der Waals surface area contributed by atoms with Crippen LogP contribution in [0.15, 0.2) is 47.4 Å². The van der Waals surface area contributed by atoms with Gasteiger partial charge < -0.3 is 10.2 Å². The molecule has 7 heteroatoms. The number of benzene rings is 2. The zero-order valence-electron chi connectivity index (χ0n) is 15.9. The van der Waals surface area contributed by atoms with E-state index in [1.807, 2.05) is 12.1 Å². The first-order valence-electron chi connectivity index (χ1n) is 9.73. The molecule has 2 aromatic carbocycles. The van der Waals surface area contributed by atoms with Gasteiger partial charge in [0.15, 0.2) is 0 Å². The summed E-state index contributed by atoms with van der Waals surface area (Å²) in [4.78, 5) is 13.5. The lowest BCUT2D eigenvalue weighted by molar-refractivity contribution is -0.116. The van der Waals surface area contributed by atoms with Crippen molar-refractivity contribution in [1.82, 2.24) is 0 Å². The maximum atomic E-state index is 12.8. The molecular weight excluding hydrogens is 374 g/mol. The summed E-state index contributed by atoms with van der Waals surface area (Å²) in [5.74, 6) is -0.0289. The SMILES string of the molecule is CC(=O)N1CCc2cc(S(=O)(=O)Nc3ccc(NC4CCCC4)cc3)ccc21. The van der Waals surface area contributed by atoms with Crippen molar-refractivity contribution in [3.63, 3.8) is 0 Å². The zero-order valence-corrected chi connectivity index (χ0v) is 16.8. The van der Waals surface area contributed by atoms with Crippen LogP contribution in [0.2, 0.25) is 0 Å². The highest BCUT2D eigenvalue weighted by molar-refractivity contribution is 7.92. The number of fused-ring (bicyclic) bond motifs is 1. The van der Waals surface area contributed by atoms with E-state index in [-0.39, 0.29) is 10.8 Å². The quantitative estimate of drug-likeness (QED) is 0.803. The summed E-state index contributed by atoms with van der Waals surface area (Å²) in [6.07, 6.45) is 5.57. The highest BCUT2D eigenvalue weighted by Crippen LogP contribution is 2.31. The molecule has 0 atom stereocenters. The van der Waals surface area contributed by atoms with Crippen molar-refractivity contribution in [2.45, 2.75) is 50.0 Å². The molecule has 0 radical (unpaired) electrons. The van der Waals surface area contributed by atoms with E-state index in [1.54, 1.807) is 35.2 Å². The van der Waals surface area contributed by atoms with Crippen molar-refractivity contribution in [3.8, 4) is 0 Å². The molecule has 4 rings (SSSR count). The number of sulfonamides is 1. The van der Waals surface area contributed by atoms with E-state index in [0.717, 1.165) is 16.9 Å². The van der Waals surface area contributed by atoms with Crippen LogP contribution in [0.4, 0.5) is 17.1 Å². The first kappa shape index (κ1) is 18.8. The van der Waals surface area contributed by atoms with Crippen LogP contribution < -0.4 is 14.9 Å². The van der Waals surface area contributed by atoms with Gasteiger partial charge in [0, 0.05) is 36.6 Å². The molecule has 0 spiro atoms. The lowest BCUT2D eigenvalue weighted by Gasteiger charge is -2.16. The van der Waals surface area contributed by atoms with Crippen molar-refractivity contribution < 1.29 is 13.2 Å². The number of rotatable bonds is 5. The maximum absolute atomic E-state index is 12.8. The highest BCUT2D eigenvalue weighted by atomic mass is 32.2. The Morgan fingerprint density at radius 2 is 1.71 bits per heavy atom. The van der Waals surface area contributed by atoms with Gasteiger partial charge in [-0.2, -0.15) is 0 Å². The molecule has 6 nitrogen and oxygen atoms in total. The Morgan fingerprint density at radius 1 is 1.04 bits per heavy atom. The largest absolute Gasteiger partial charge is 0.382 e. The van der Waals surface area contributed by atoms with Crippen LogP contribution >= 0.6 is 0 Å². The second-order valence-electron chi connectivity index (χ2n) is 7.52.